The molecule has 0 radical (unpaired) electrons. The molecular formula is C25H37N3O3. The first-order chi connectivity index (χ1) is 14.8. The Labute approximate surface area is 186 Å². The molecule has 2 aromatic rings. The fourth-order valence-electron chi connectivity index (χ4n) is 3.49. The van der Waals surface area contributed by atoms with Gasteiger partial charge in [0.1, 0.15) is 5.75 Å². The maximum atomic E-state index is 13.2. The fourth-order valence-corrected chi connectivity index (χ4v) is 3.49. The summed E-state index contributed by atoms with van der Waals surface area (Å²) in [5, 5.41) is 0. The highest BCUT2D eigenvalue weighted by molar-refractivity contribution is 5.86. The van der Waals surface area contributed by atoms with Crippen molar-refractivity contribution in [2.75, 3.05) is 26.7 Å². The van der Waals surface area contributed by atoms with E-state index in [1.165, 1.54) is 0 Å². The average Bonchev–Trinajstić information content (AvgIpc) is 3.15. The van der Waals surface area contributed by atoms with Crippen molar-refractivity contribution in [1.29, 1.82) is 0 Å². The predicted molar refractivity (Wildman–Crippen MR) is 124 cm³/mol. The number of ether oxygens (including phenoxy) is 1. The molecule has 0 bridgehead atoms. The van der Waals surface area contributed by atoms with E-state index in [-0.39, 0.29) is 30.7 Å². The highest BCUT2D eigenvalue weighted by atomic mass is 16.5. The Morgan fingerprint density at radius 2 is 1.77 bits per heavy atom. The van der Waals surface area contributed by atoms with Crippen LogP contribution in [0.2, 0.25) is 0 Å². The number of methoxy groups -OCH3 is 1. The zero-order valence-electron chi connectivity index (χ0n) is 19.6. The minimum absolute atomic E-state index is 0.00150. The maximum Gasteiger partial charge on any atom is 0.242 e. The highest BCUT2D eigenvalue weighted by Gasteiger charge is 2.22. The van der Waals surface area contributed by atoms with E-state index in [9.17, 15) is 9.59 Å². The van der Waals surface area contributed by atoms with Crippen molar-refractivity contribution in [1.82, 2.24) is 14.4 Å². The van der Waals surface area contributed by atoms with Gasteiger partial charge in [0, 0.05) is 32.0 Å². The van der Waals surface area contributed by atoms with Gasteiger partial charge in [-0.05, 0) is 42.2 Å². The van der Waals surface area contributed by atoms with Gasteiger partial charge in [-0.1, -0.05) is 39.3 Å². The number of carbonyl (C=O) groups excluding carboxylic acids is 2. The van der Waals surface area contributed by atoms with E-state index in [1.807, 2.05) is 59.1 Å². The first kappa shape index (κ1) is 24.5. The Morgan fingerprint density at radius 3 is 2.32 bits per heavy atom. The number of unbranched alkanes of at least 4 members (excludes halogenated alkanes) is 1. The Hall–Kier alpha value is -2.76. The zero-order chi connectivity index (χ0) is 22.8. The predicted octanol–water partition coefficient (Wildman–Crippen LogP) is 3.89. The molecule has 0 aliphatic carbocycles. The van der Waals surface area contributed by atoms with Crippen molar-refractivity contribution >= 4 is 11.8 Å². The van der Waals surface area contributed by atoms with Gasteiger partial charge in [-0.25, -0.2) is 0 Å². The van der Waals surface area contributed by atoms with Gasteiger partial charge in [0.25, 0.3) is 0 Å². The molecule has 2 rings (SSSR count). The number of benzene rings is 1. The molecule has 0 saturated heterocycles. The molecule has 0 aliphatic rings. The fraction of sp³-hybridized carbons (Fsp3) is 0.520. The normalized spacial score (nSPS) is 10.9. The van der Waals surface area contributed by atoms with Crippen LogP contribution in [0.5, 0.6) is 5.75 Å². The van der Waals surface area contributed by atoms with Crippen molar-refractivity contribution in [3.63, 3.8) is 0 Å². The van der Waals surface area contributed by atoms with Gasteiger partial charge < -0.3 is 19.1 Å². The summed E-state index contributed by atoms with van der Waals surface area (Å²) in [5.74, 6) is 1.02. The van der Waals surface area contributed by atoms with Crippen molar-refractivity contribution in [2.45, 2.75) is 46.6 Å². The summed E-state index contributed by atoms with van der Waals surface area (Å²) in [6.07, 6.45) is 4.22. The number of hydrogen-bond acceptors (Lipinski definition) is 3. The van der Waals surface area contributed by atoms with Gasteiger partial charge in [-0.2, -0.15) is 0 Å². The van der Waals surface area contributed by atoms with Crippen LogP contribution in [0.15, 0.2) is 42.6 Å². The van der Waals surface area contributed by atoms with Crippen LogP contribution in [0, 0.1) is 5.92 Å². The van der Waals surface area contributed by atoms with Crippen LogP contribution in [0.4, 0.5) is 0 Å². The minimum Gasteiger partial charge on any atom is -0.497 e. The van der Waals surface area contributed by atoms with Crippen LogP contribution in [0.25, 0.3) is 0 Å². The van der Waals surface area contributed by atoms with Gasteiger partial charge in [0.15, 0.2) is 0 Å². The van der Waals surface area contributed by atoms with E-state index >= 15 is 0 Å². The number of nitrogens with zero attached hydrogens (tertiary/aromatic N) is 3. The third-order valence-corrected chi connectivity index (χ3v) is 5.32. The lowest BCUT2D eigenvalue weighted by molar-refractivity contribution is -0.141. The monoisotopic (exact) mass is 427 g/mol. The van der Waals surface area contributed by atoms with Crippen LogP contribution in [0.1, 0.15) is 44.9 Å². The van der Waals surface area contributed by atoms with E-state index in [2.05, 4.69) is 20.8 Å². The Balaban J connectivity index is 2.10. The molecule has 0 aliphatic heterocycles. The van der Waals surface area contributed by atoms with Crippen LogP contribution < -0.4 is 4.74 Å². The summed E-state index contributed by atoms with van der Waals surface area (Å²) in [7, 11) is 3.61. The van der Waals surface area contributed by atoms with Gasteiger partial charge in [-0.15, -0.1) is 0 Å². The third-order valence-electron chi connectivity index (χ3n) is 5.32. The molecule has 6 nitrogen and oxygen atoms in total. The highest BCUT2D eigenvalue weighted by Crippen LogP contribution is 2.14. The Morgan fingerprint density at radius 1 is 1.06 bits per heavy atom. The molecule has 0 fully saturated rings. The topological polar surface area (TPSA) is 54.8 Å². The number of carbonyl (C=O) groups is 2. The molecule has 1 aromatic heterocycles. The van der Waals surface area contributed by atoms with Gasteiger partial charge in [0.05, 0.1) is 26.6 Å². The summed E-state index contributed by atoms with van der Waals surface area (Å²) >= 11 is 0. The Kier molecular flexibility index (Phi) is 9.63. The second kappa shape index (κ2) is 12.2. The lowest BCUT2D eigenvalue weighted by Gasteiger charge is -2.29. The smallest absolute Gasteiger partial charge is 0.242 e. The first-order valence-electron chi connectivity index (χ1n) is 11.1. The lowest BCUT2D eigenvalue weighted by atomic mass is 10.1. The second-order valence-electron chi connectivity index (χ2n) is 8.47. The third kappa shape index (κ3) is 7.78. The van der Waals surface area contributed by atoms with Crippen LogP contribution in [-0.4, -0.2) is 52.9 Å². The van der Waals surface area contributed by atoms with E-state index < -0.39 is 0 Å². The minimum atomic E-state index is -0.0264. The molecule has 1 aromatic carbocycles. The van der Waals surface area contributed by atoms with Gasteiger partial charge in [-0.3, -0.25) is 9.59 Å². The Bertz CT molecular complexity index is 827. The van der Waals surface area contributed by atoms with Crippen molar-refractivity contribution in [3.8, 4) is 5.75 Å². The molecule has 0 unspecified atom stereocenters. The van der Waals surface area contributed by atoms with Crippen molar-refractivity contribution in [3.05, 3.63) is 53.9 Å². The zero-order valence-corrected chi connectivity index (χ0v) is 19.6. The lowest BCUT2D eigenvalue weighted by Crippen LogP contribution is -2.45. The molecule has 0 saturated carbocycles. The quantitative estimate of drug-likeness (QED) is 0.516. The number of rotatable bonds is 12. The van der Waals surface area contributed by atoms with Crippen molar-refractivity contribution < 1.29 is 14.3 Å². The summed E-state index contributed by atoms with van der Waals surface area (Å²) in [6.45, 7) is 8.18. The number of aromatic nitrogens is 1. The van der Waals surface area contributed by atoms with Crippen LogP contribution in [-0.2, 0) is 29.6 Å². The van der Waals surface area contributed by atoms with Gasteiger partial charge >= 0.3 is 0 Å². The molecule has 1 heterocycles. The second-order valence-corrected chi connectivity index (χ2v) is 8.47. The van der Waals surface area contributed by atoms with E-state index in [0.717, 1.165) is 29.8 Å². The molecular weight excluding hydrogens is 390 g/mol. The average molecular weight is 428 g/mol. The summed E-state index contributed by atoms with van der Waals surface area (Å²) in [5.41, 5.74) is 2.00. The summed E-state index contributed by atoms with van der Waals surface area (Å²) in [4.78, 5) is 29.9. The first-order valence-corrected chi connectivity index (χ1v) is 11.1. The molecule has 6 heteroatoms. The number of hydrogen-bond donors (Lipinski definition) is 0. The molecule has 170 valence electrons. The largest absolute Gasteiger partial charge is 0.497 e. The van der Waals surface area contributed by atoms with E-state index in [4.69, 9.17) is 4.74 Å². The molecule has 0 atom stereocenters. The summed E-state index contributed by atoms with van der Waals surface area (Å²) < 4.78 is 7.22. The van der Waals surface area contributed by atoms with Gasteiger partial charge in [0.2, 0.25) is 11.8 Å². The number of amides is 2. The van der Waals surface area contributed by atoms with Crippen LogP contribution >= 0.6 is 0 Å². The standard InChI is InChI=1S/C25H37N3O3/c1-6-7-15-27(18-22-9-8-14-26(22)4)25(30)19-28(17-20(2)3)24(29)16-21-10-12-23(31-5)13-11-21/h8-14,20H,6-7,15-19H2,1-5H3. The van der Waals surface area contributed by atoms with E-state index in [0.29, 0.717) is 19.6 Å². The molecule has 31 heavy (non-hydrogen) atoms. The molecule has 2 amide bonds. The molecule has 0 spiro atoms. The summed E-state index contributed by atoms with van der Waals surface area (Å²) in [6, 6.07) is 11.5. The van der Waals surface area contributed by atoms with E-state index in [1.54, 1.807) is 12.0 Å². The SMILES string of the molecule is CCCCN(Cc1cccn1C)C(=O)CN(CC(C)C)C(=O)Cc1ccc(OC)cc1. The molecule has 0 N–H and O–H groups in total. The maximum absolute atomic E-state index is 13.2. The van der Waals surface area contributed by atoms with Crippen molar-refractivity contribution in [2.24, 2.45) is 13.0 Å². The van der Waals surface area contributed by atoms with Crippen LogP contribution in [0.3, 0.4) is 0 Å². The number of aryl methyl sites for hydroxylation is 1.